The summed E-state index contributed by atoms with van der Waals surface area (Å²) in [6, 6.07) is 17.0. The number of carbonyl (C=O) groups excluding carboxylic acids is 4. The van der Waals surface area contributed by atoms with Crippen molar-refractivity contribution < 1.29 is 19.2 Å². The molecule has 0 aliphatic carbocycles. The lowest BCUT2D eigenvalue weighted by Gasteiger charge is -2.08. The van der Waals surface area contributed by atoms with E-state index in [1.807, 2.05) is 42.5 Å². The van der Waals surface area contributed by atoms with Crippen LogP contribution in [0.3, 0.4) is 0 Å². The second-order valence-corrected chi connectivity index (χ2v) is 6.86. The topological polar surface area (TPSA) is 104 Å². The molecule has 0 unspecified atom stereocenters. The Bertz CT molecular complexity index is 864. The molecule has 0 spiro atoms. The van der Waals surface area contributed by atoms with Gasteiger partial charge in [0.2, 0.25) is 11.7 Å². The van der Waals surface area contributed by atoms with Crippen molar-refractivity contribution in [3.63, 3.8) is 0 Å². The van der Waals surface area contributed by atoms with Gasteiger partial charge in [0.05, 0.1) is 0 Å². The van der Waals surface area contributed by atoms with Gasteiger partial charge < -0.3 is 5.32 Å². The van der Waals surface area contributed by atoms with E-state index in [0.717, 1.165) is 24.0 Å². The van der Waals surface area contributed by atoms with E-state index in [2.05, 4.69) is 16.2 Å². The molecule has 30 heavy (non-hydrogen) atoms. The largest absolute Gasteiger partial charge is 0.353 e. The third-order valence-corrected chi connectivity index (χ3v) is 4.61. The number of hydrogen-bond acceptors (Lipinski definition) is 4. The van der Waals surface area contributed by atoms with Gasteiger partial charge in [-0.2, -0.15) is 0 Å². The van der Waals surface area contributed by atoms with Gasteiger partial charge in [-0.15, -0.1) is 0 Å². The Morgan fingerprint density at radius 3 is 1.93 bits per heavy atom. The lowest BCUT2D eigenvalue weighted by Crippen LogP contribution is -2.41. The Hall–Kier alpha value is -3.48. The fourth-order valence-corrected chi connectivity index (χ4v) is 2.88. The third-order valence-electron chi connectivity index (χ3n) is 4.61. The summed E-state index contributed by atoms with van der Waals surface area (Å²) in [6.07, 6.45) is 3.27. The molecule has 3 amide bonds. The van der Waals surface area contributed by atoms with Gasteiger partial charge in [0.1, 0.15) is 0 Å². The highest BCUT2D eigenvalue weighted by molar-refractivity contribution is 6.36. The highest BCUT2D eigenvalue weighted by Gasteiger charge is 2.11. The molecule has 0 heterocycles. The molecule has 0 aliphatic heterocycles. The van der Waals surface area contributed by atoms with Gasteiger partial charge in [-0.25, -0.2) is 0 Å². The van der Waals surface area contributed by atoms with Crippen LogP contribution in [0, 0.1) is 0 Å². The second kappa shape index (κ2) is 12.2. The van der Waals surface area contributed by atoms with Crippen molar-refractivity contribution in [1.29, 1.82) is 0 Å². The first-order valence-electron chi connectivity index (χ1n) is 10.0. The molecule has 3 N–H and O–H groups in total. The van der Waals surface area contributed by atoms with Crippen molar-refractivity contribution in [3.8, 4) is 11.1 Å². The minimum absolute atomic E-state index is 0.213. The molecule has 2 aromatic carbocycles. The maximum Gasteiger partial charge on any atom is 0.287 e. The molecule has 7 nitrogen and oxygen atoms in total. The fraction of sp³-hybridized carbons (Fsp3) is 0.304. The molecule has 0 atom stereocenters. The van der Waals surface area contributed by atoms with E-state index in [1.165, 1.54) is 7.05 Å². The van der Waals surface area contributed by atoms with Crippen LogP contribution in [0.25, 0.3) is 11.1 Å². The predicted octanol–water partition coefficient (Wildman–Crippen LogP) is 2.77. The number of hydrogen-bond donors (Lipinski definition) is 3. The summed E-state index contributed by atoms with van der Waals surface area (Å²) in [4.78, 5) is 46.5. The Morgan fingerprint density at radius 1 is 0.700 bits per heavy atom. The molecule has 0 radical (unpaired) electrons. The van der Waals surface area contributed by atoms with Crippen LogP contribution in [-0.2, 0) is 14.4 Å². The number of nitrogens with one attached hydrogen (secondary N) is 3. The van der Waals surface area contributed by atoms with Crippen LogP contribution in [0.2, 0.25) is 0 Å². The van der Waals surface area contributed by atoms with E-state index in [9.17, 15) is 19.2 Å². The van der Waals surface area contributed by atoms with Crippen LogP contribution in [0.1, 0.15) is 48.9 Å². The summed E-state index contributed by atoms with van der Waals surface area (Å²) in [5.41, 5.74) is 7.36. The SMILES string of the molecule is CNC(=O)C(=O)CCCCCCC(=O)NNC(=O)c1ccc(-c2ccccc2)cc1. The van der Waals surface area contributed by atoms with Crippen molar-refractivity contribution in [2.45, 2.75) is 38.5 Å². The van der Waals surface area contributed by atoms with Gasteiger partial charge in [0.15, 0.2) is 0 Å². The van der Waals surface area contributed by atoms with Crippen molar-refractivity contribution in [2.24, 2.45) is 0 Å². The molecule has 0 fully saturated rings. The van der Waals surface area contributed by atoms with Gasteiger partial charge in [-0.05, 0) is 36.1 Å². The first-order chi connectivity index (χ1) is 14.5. The van der Waals surface area contributed by atoms with Crippen molar-refractivity contribution in [2.75, 3.05) is 7.05 Å². The minimum Gasteiger partial charge on any atom is -0.353 e. The van der Waals surface area contributed by atoms with Crippen molar-refractivity contribution in [1.82, 2.24) is 16.2 Å². The predicted molar refractivity (Wildman–Crippen MR) is 114 cm³/mol. The highest BCUT2D eigenvalue weighted by atomic mass is 16.2. The second-order valence-electron chi connectivity index (χ2n) is 6.86. The quantitative estimate of drug-likeness (QED) is 0.319. The smallest absolute Gasteiger partial charge is 0.287 e. The highest BCUT2D eigenvalue weighted by Crippen LogP contribution is 2.19. The summed E-state index contributed by atoms with van der Waals surface area (Å²) < 4.78 is 0. The van der Waals surface area contributed by atoms with Crippen LogP contribution in [0.15, 0.2) is 54.6 Å². The Kier molecular flexibility index (Phi) is 9.24. The summed E-state index contributed by atoms with van der Waals surface area (Å²) >= 11 is 0. The van der Waals surface area contributed by atoms with E-state index in [-0.39, 0.29) is 24.7 Å². The van der Waals surface area contributed by atoms with E-state index >= 15 is 0 Å². The number of Topliss-reactive ketones (excluding diaryl/α,β-unsaturated/α-hetero) is 1. The lowest BCUT2D eigenvalue weighted by atomic mass is 10.0. The molecule has 2 aromatic rings. The number of benzene rings is 2. The molecule has 0 saturated heterocycles. The number of amides is 3. The zero-order valence-corrected chi connectivity index (χ0v) is 17.1. The van der Waals surface area contributed by atoms with Crippen LogP contribution >= 0.6 is 0 Å². The maximum atomic E-state index is 12.2. The van der Waals surface area contributed by atoms with E-state index < -0.39 is 11.7 Å². The van der Waals surface area contributed by atoms with Crippen molar-refractivity contribution >= 4 is 23.5 Å². The number of carbonyl (C=O) groups is 4. The number of rotatable bonds is 10. The normalized spacial score (nSPS) is 10.2. The average molecular weight is 409 g/mol. The van der Waals surface area contributed by atoms with Gasteiger partial charge in [0, 0.05) is 25.5 Å². The van der Waals surface area contributed by atoms with Crippen LogP contribution in [-0.4, -0.2) is 30.6 Å². The monoisotopic (exact) mass is 409 g/mol. The number of likely N-dealkylation sites (N-methyl/N-ethyl adjacent to an activating group) is 1. The van der Waals surface area contributed by atoms with E-state index in [0.29, 0.717) is 18.4 Å². The molecule has 158 valence electrons. The summed E-state index contributed by atoms with van der Waals surface area (Å²) in [7, 11) is 1.43. The molecule has 7 heteroatoms. The van der Waals surface area contributed by atoms with E-state index in [4.69, 9.17) is 0 Å². The molecule has 0 aliphatic rings. The minimum atomic E-state index is -0.570. The van der Waals surface area contributed by atoms with E-state index in [1.54, 1.807) is 12.1 Å². The summed E-state index contributed by atoms with van der Waals surface area (Å²) in [6.45, 7) is 0. The molecule has 0 aromatic heterocycles. The van der Waals surface area contributed by atoms with Crippen LogP contribution < -0.4 is 16.2 Å². The van der Waals surface area contributed by atoms with Gasteiger partial charge in [0.25, 0.3) is 11.8 Å². The van der Waals surface area contributed by atoms with Gasteiger partial charge >= 0.3 is 0 Å². The number of ketones is 1. The summed E-state index contributed by atoms with van der Waals surface area (Å²) in [5.74, 6) is -1.64. The molecule has 2 rings (SSSR count). The van der Waals surface area contributed by atoms with Gasteiger partial charge in [-0.3, -0.25) is 30.0 Å². The van der Waals surface area contributed by atoms with Crippen molar-refractivity contribution in [3.05, 3.63) is 60.2 Å². The Morgan fingerprint density at radius 2 is 1.30 bits per heavy atom. The van der Waals surface area contributed by atoms with Crippen LogP contribution in [0.4, 0.5) is 0 Å². The summed E-state index contributed by atoms with van der Waals surface area (Å²) in [5, 5.41) is 2.30. The molecular formula is C23H27N3O4. The fourth-order valence-electron chi connectivity index (χ4n) is 2.88. The third kappa shape index (κ3) is 7.50. The Balaban J connectivity index is 1.63. The first kappa shape index (κ1) is 22.8. The molecular weight excluding hydrogens is 382 g/mol. The standard InChI is InChI=1S/C23H27N3O4/c1-24-23(30)20(27)11-7-2-3-8-12-21(28)25-26-22(29)19-15-13-18(14-16-19)17-9-5-4-6-10-17/h4-6,9-10,13-16H,2-3,7-8,11-12H2,1H3,(H,24,30)(H,25,28)(H,26,29). The molecule has 0 bridgehead atoms. The molecule has 0 saturated carbocycles. The lowest BCUT2D eigenvalue weighted by molar-refractivity contribution is -0.137. The van der Waals surface area contributed by atoms with Gasteiger partial charge in [-0.1, -0.05) is 55.3 Å². The zero-order valence-electron chi connectivity index (χ0n) is 17.1. The average Bonchev–Trinajstić information content (AvgIpc) is 2.79. The Labute approximate surface area is 176 Å². The maximum absolute atomic E-state index is 12.2. The van der Waals surface area contributed by atoms with Crippen LogP contribution in [0.5, 0.6) is 0 Å². The number of hydrazine groups is 1. The number of unbranched alkanes of at least 4 members (excludes halogenated alkanes) is 3. The zero-order chi connectivity index (χ0) is 21.8. The first-order valence-corrected chi connectivity index (χ1v) is 10.0.